The first-order valence-electron chi connectivity index (χ1n) is 4.84. The van der Waals surface area contributed by atoms with Crippen LogP contribution in [0, 0.1) is 10.1 Å². The Hall–Kier alpha value is -1.89. The molecule has 0 saturated heterocycles. The zero-order valence-electron chi connectivity index (χ0n) is 8.70. The predicted molar refractivity (Wildman–Crippen MR) is 59.6 cm³/mol. The van der Waals surface area contributed by atoms with Crippen LogP contribution in [-0.4, -0.2) is 13.3 Å². The van der Waals surface area contributed by atoms with Gasteiger partial charge in [-0.15, -0.1) is 0 Å². The quantitative estimate of drug-likeness (QED) is 0.552. The molecule has 6 nitrogen and oxygen atoms in total. The van der Waals surface area contributed by atoms with Crippen LogP contribution in [0.2, 0.25) is 0 Å². The normalized spacial score (nSPS) is 22.0. The second kappa shape index (κ2) is 4.17. The van der Waals surface area contributed by atoms with Crippen molar-refractivity contribution in [3.05, 3.63) is 56.4 Å². The van der Waals surface area contributed by atoms with Gasteiger partial charge < -0.3 is 4.74 Å². The fraction of sp³-hybridized carbons (Fsp3) is 0.200. The van der Waals surface area contributed by atoms with E-state index < -0.39 is 14.8 Å². The van der Waals surface area contributed by atoms with Crippen LogP contribution in [0.15, 0.2) is 46.3 Å². The molecule has 0 radical (unpaired) electrons. The molecule has 2 rings (SSSR count). The summed E-state index contributed by atoms with van der Waals surface area (Å²) in [4.78, 5) is 10.3. The summed E-state index contributed by atoms with van der Waals surface area (Å²) in [5.74, 6) is 0.0311. The maximum Gasteiger partial charge on any atom is 0.276 e. The van der Waals surface area contributed by atoms with E-state index in [9.17, 15) is 18.5 Å². The molecule has 1 heterocycles. The fourth-order valence-electron chi connectivity index (χ4n) is 1.61. The largest absolute Gasteiger partial charge is 0.463 e. The third kappa shape index (κ3) is 2.44. The van der Waals surface area contributed by atoms with Crippen LogP contribution in [0.3, 0.4) is 0 Å². The van der Waals surface area contributed by atoms with Crippen molar-refractivity contribution in [3.8, 4) is 0 Å². The molecule has 0 aromatic rings. The van der Waals surface area contributed by atoms with E-state index in [1.807, 2.05) is 0 Å². The fourth-order valence-corrected chi connectivity index (χ4v) is 2.39. The van der Waals surface area contributed by atoms with Crippen molar-refractivity contribution in [1.29, 1.82) is 0 Å². The molecule has 0 N–H and O–H groups in total. The molecule has 2 aliphatic rings. The van der Waals surface area contributed by atoms with Gasteiger partial charge in [-0.05, 0) is 12.8 Å². The Balaban J connectivity index is 2.49. The molecule has 7 heteroatoms. The molecule has 0 saturated carbocycles. The van der Waals surface area contributed by atoms with Crippen LogP contribution < -0.4 is 0 Å². The summed E-state index contributed by atoms with van der Waals surface area (Å²) in [6.45, 7) is 0. The second-order valence-corrected chi connectivity index (χ2v) is 5.21. The van der Waals surface area contributed by atoms with Gasteiger partial charge in [0.1, 0.15) is 12.0 Å². The van der Waals surface area contributed by atoms with Crippen molar-refractivity contribution in [2.75, 3.05) is 0 Å². The molecule has 0 aromatic carbocycles. The van der Waals surface area contributed by atoms with Gasteiger partial charge in [-0.2, -0.15) is 0 Å². The van der Waals surface area contributed by atoms with Crippen LogP contribution >= 0.6 is 0 Å². The van der Waals surface area contributed by atoms with Crippen molar-refractivity contribution in [2.45, 2.75) is 12.8 Å². The van der Waals surface area contributed by atoms with Gasteiger partial charge in [-0.3, -0.25) is 10.1 Å². The maximum atomic E-state index is 11.3. The lowest BCUT2D eigenvalue weighted by Crippen LogP contribution is -2.10. The average molecular weight is 255 g/mol. The molecule has 1 aliphatic carbocycles. The van der Waals surface area contributed by atoms with E-state index in [1.54, 1.807) is 6.08 Å². The first kappa shape index (κ1) is 11.6. The molecule has 0 atom stereocenters. The summed E-state index contributed by atoms with van der Waals surface area (Å²) in [5.41, 5.74) is 0.193. The minimum absolute atomic E-state index is 0.0311. The van der Waals surface area contributed by atoms with Gasteiger partial charge in [-0.1, -0.05) is 6.08 Å². The van der Waals surface area contributed by atoms with Crippen LogP contribution in [-0.2, 0) is 14.6 Å². The maximum absolute atomic E-state index is 11.3. The zero-order chi connectivity index (χ0) is 12.5. The van der Waals surface area contributed by atoms with E-state index in [4.69, 9.17) is 4.74 Å². The summed E-state index contributed by atoms with van der Waals surface area (Å²) >= 11 is 0. The topological polar surface area (TPSA) is 86.5 Å². The van der Waals surface area contributed by atoms with Gasteiger partial charge >= 0.3 is 0 Å². The van der Waals surface area contributed by atoms with Crippen molar-refractivity contribution in [2.24, 2.45) is 0 Å². The number of rotatable bonds is 2. The lowest BCUT2D eigenvalue weighted by atomic mass is 10.0. The van der Waals surface area contributed by atoms with E-state index in [2.05, 4.69) is 0 Å². The molecule has 0 amide bonds. The van der Waals surface area contributed by atoms with E-state index in [0.29, 0.717) is 18.4 Å². The van der Waals surface area contributed by atoms with Crippen molar-refractivity contribution in [3.63, 3.8) is 0 Å². The lowest BCUT2D eigenvalue weighted by Gasteiger charge is -2.14. The third-order valence-corrected chi connectivity index (χ3v) is 3.38. The Labute approximate surface area is 97.6 Å². The van der Waals surface area contributed by atoms with Gasteiger partial charge in [0.05, 0.1) is 21.3 Å². The van der Waals surface area contributed by atoms with Crippen molar-refractivity contribution in [1.82, 2.24) is 0 Å². The highest BCUT2D eigenvalue weighted by Gasteiger charge is 2.25. The first-order chi connectivity index (χ1) is 7.99. The van der Waals surface area contributed by atoms with Crippen LogP contribution in [0.1, 0.15) is 12.8 Å². The molecule has 0 aromatic heterocycles. The minimum atomic E-state index is -3.48. The van der Waals surface area contributed by atoms with Crippen LogP contribution in [0.5, 0.6) is 0 Å². The number of nitro groups is 1. The van der Waals surface area contributed by atoms with Gasteiger partial charge in [0.2, 0.25) is 0 Å². The molecule has 0 bridgehead atoms. The number of hydrogen-bond acceptors (Lipinski definition) is 5. The lowest BCUT2D eigenvalue weighted by molar-refractivity contribution is -0.420. The Morgan fingerprint density at radius 1 is 1.41 bits per heavy atom. The van der Waals surface area contributed by atoms with Crippen LogP contribution in [0.25, 0.3) is 0 Å². The highest BCUT2D eigenvalue weighted by atomic mass is 32.2. The summed E-state index contributed by atoms with van der Waals surface area (Å²) < 4.78 is 27.7. The third-order valence-electron chi connectivity index (χ3n) is 2.35. The van der Waals surface area contributed by atoms with E-state index in [-0.39, 0.29) is 11.5 Å². The van der Waals surface area contributed by atoms with Gasteiger partial charge in [-0.25, -0.2) is 8.42 Å². The smallest absolute Gasteiger partial charge is 0.276 e. The van der Waals surface area contributed by atoms with E-state index in [1.165, 1.54) is 6.08 Å². The van der Waals surface area contributed by atoms with E-state index in [0.717, 1.165) is 17.1 Å². The SMILES string of the molecule is O=[N+]([O-])C1=C(C2=CS(=O)(=O)C=CO2)CCC=C1. The number of ether oxygens (including phenoxy) is 1. The highest BCUT2D eigenvalue weighted by molar-refractivity contribution is 7.97. The standard InChI is InChI=1S/C10H9NO5S/c12-11(13)9-4-2-1-3-8(9)10-7-17(14,15)6-5-16-10/h2,4-7H,1,3H2. The predicted octanol–water partition coefficient (Wildman–Crippen LogP) is 1.62. The zero-order valence-corrected chi connectivity index (χ0v) is 9.51. The number of nitrogens with zero attached hydrogens (tertiary/aromatic N) is 1. The molecular weight excluding hydrogens is 246 g/mol. The van der Waals surface area contributed by atoms with Crippen molar-refractivity contribution < 1.29 is 18.1 Å². The number of sulfone groups is 1. The van der Waals surface area contributed by atoms with Gasteiger partial charge in [0, 0.05) is 6.08 Å². The highest BCUT2D eigenvalue weighted by Crippen LogP contribution is 2.29. The minimum Gasteiger partial charge on any atom is -0.463 e. The molecular formula is C10H9NO5S. The molecule has 0 unspecified atom stereocenters. The summed E-state index contributed by atoms with van der Waals surface area (Å²) in [5, 5.41) is 12.6. The Morgan fingerprint density at radius 2 is 2.18 bits per heavy atom. The summed E-state index contributed by atoms with van der Waals surface area (Å²) in [7, 11) is -3.48. The second-order valence-electron chi connectivity index (χ2n) is 3.52. The van der Waals surface area contributed by atoms with Crippen LogP contribution in [0.4, 0.5) is 0 Å². The Kier molecular flexibility index (Phi) is 2.84. The Bertz CT molecular complexity index is 580. The number of allylic oxidation sites excluding steroid dienone is 3. The molecule has 90 valence electrons. The average Bonchev–Trinajstić information content (AvgIpc) is 2.27. The van der Waals surface area contributed by atoms with Gasteiger partial charge in [0.25, 0.3) is 5.70 Å². The monoisotopic (exact) mass is 255 g/mol. The summed E-state index contributed by atoms with van der Waals surface area (Å²) in [6.07, 6.45) is 5.08. The molecule has 0 fully saturated rings. The molecule has 17 heavy (non-hydrogen) atoms. The first-order valence-corrected chi connectivity index (χ1v) is 6.45. The molecule has 0 spiro atoms. The molecule has 1 aliphatic heterocycles. The van der Waals surface area contributed by atoms with E-state index >= 15 is 0 Å². The van der Waals surface area contributed by atoms with Gasteiger partial charge in [0.15, 0.2) is 9.84 Å². The van der Waals surface area contributed by atoms with Crippen molar-refractivity contribution >= 4 is 9.84 Å². The summed E-state index contributed by atoms with van der Waals surface area (Å²) in [6, 6.07) is 0. The Morgan fingerprint density at radius 3 is 2.82 bits per heavy atom. The number of hydrogen-bond donors (Lipinski definition) is 0.